The van der Waals surface area contributed by atoms with E-state index in [4.69, 9.17) is 0 Å². The van der Waals surface area contributed by atoms with E-state index in [1.807, 2.05) is 19.9 Å². The molecule has 0 aromatic heterocycles. The molecule has 5 nitrogen and oxygen atoms in total. The van der Waals surface area contributed by atoms with Crippen molar-refractivity contribution in [3.05, 3.63) is 11.6 Å². The molecule has 3 N–H and O–H groups in total. The van der Waals surface area contributed by atoms with Crippen molar-refractivity contribution in [2.75, 3.05) is 6.61 Å². The van der Waals surface area contributed by atoms with Crippen LogP contribution < -0.4 is 0 Å². The Kier molecular flexibility index (Phi) is 4.34. The summed E-state index contributed by atoms with van der Waals surface area (Å²) in [5.41, 5.74) is -1.43. The van der Waals surface area contributed by atoms with E-state index in [1.165, 1.54) is 5.57 Å². The molecule has 3 saturated carbocycles. The Morgan fingerprint density at radius 1 is 1.31 bits per heavy atom. The molecule has 5 aliphatic rings. The monoisotopic (exact) mass is 438 g/mol. The molecule has 4 aliphatic carbocycles. The highest BCUT2D eigenvalue weighted by molar-refractivity contribution is 8.78. The highest BCUT2D eigenvalue weighted by atomic mass is 33.1. The third-order valence-corrected chi connectivity index (χ3v) is 13.7. The number of hydrogen-bond acceptors (Lipinski definition) is 7. The van der Waals surface area contributed by atoms with Gasteiger partial charge in [0.25, 0.3) is 0 Å². The fourth-order valence-corrected chi connectivity index (χ4v) is 13.1. The zero-order chi connectivity index (χ0) is 21.0. The molecule has 0 bridgehead atoms. The Morgan fingerprint density at radius 3 is 2.72 bits per heavy atom. The van der Waals surface area contributed by atoms with Crippen LogP contribution in [0.15, 0.2) is 11.6 Å². The second-order valence-electron chi connectivity index (χ2n) is 10.4. The Bertz CT molecular complexity index is 828. The fourth-order valence-electron chi connectivity index (χ4n) is 8.15. The molecule has 7 heteroatoms. The van der Waals surface area contributed by atoms with Crippen molar-refractivity contribution < 1.29 is 24.9 Å². The molecule has 160 valence electrons. The van der Waals surface area contributed by atoms with E-state index < -0.39 is 34.3 Å². The number of rotatable bonds is 2. The molecule has 1 heterocycles. The molecule has 0 radical (unpaired) electrons. The lowest BCUT2D eigenvalue weighted by Gasteiger charge is -2.64. The molecular formula is C22H30O5S2. The molecule has 0 aromatic carbocycles. The molecule has 0 aromatic rings. The van der Waals surface area contributed by atoms with E-state index in [1.54, 1.807) is 21.6 Å². The first-order chi connectivity index (χ1) is 13.6. The third-order valence-electron chi connectivity index (χ3n) is 9.60. The third kappa shape index (κ3) is 2.08. The minimum Gasteiger partial charge on any atom is -0.392 e. The van der Waals surface area contributed by atoms with Crippen molar-refractivity contribution in [1.29, 1.82) is 0 Å². The summed E-state index contributed by atoms with van der Waals surface area (Å²) in [4.78, 5) is 25.0. The van der Waals surface area contributed by atoms with Gasteiger partial charge >= 0.3 is 0 Å². The quantitative estimate of drug-likeness (QED) is 0.570. The first-order valence-corrected chi connectivity index (χ1v) is 12.9. The van der Waals surface area contributed by atoms with E-state index in [2.05, 4.69) is 6.92 Å². The van der Waals surface area contributed by atoms with Crippen molar-refractivity contribution in [2.45, 2.75) is 74.6 Å². The number of ketones is 2. The number of allylic oxidation sites excluding steroid dienone is 1. The molecule has 5 rings (SSSR count). The van der Waals surface area contributed by atoms with Crippen LogP contribution in [0.4, 0.5) is 0 Å². The lowest BCUT2D eigenvalue weighted by atomic mass is 9.44. The smallest absolute Gasteiger partial charge is 0.190 e. The second kappa shape index (κ2) is 6.12. The number of aliphatic hydroxyl groups is 3. The zero-order valence-corrected chi connectivity index (χ0v) is 18.8. The normalized spacial score (nSPS) is 55.7. The largest absolute Gasteiger partial charge is 0.392 e. The molecule has 9 atom stereocenters. The number of Topliss-reactive ketones (excluding diaryl/α,β-unsaturated/α-hetero) is 1. The Morgan fingerprint density at radius 2 is 2.03 bits per heavy atom. The van der Waals surface area contributed by atoms with Crippen LogP contribution >= 0.6 is 21.6 Å². The van der Waals surface area contributed by atoms with Gasteiger partial charge in [-0.25, -0.2) is 0 Å². The maximum absolute atomic E-state index is 12.7. The molecule has 1 aliphatic heterocycles. The molecule has 0 unspecified atom stereocenters. The lowest BCUT2D eigenvalue weighted by molar-refractivity contribution is -0.180. The van der Waals surface area contributed by atoms with E-state index in [0.717, 1.165) is 19.3 Å². The van der Waals surface area contributed by atoms with Gasteiger partial charge in [-0.3, -0.25) is 9.59 Å². The average molecular weight is 439 g/mol. The van der Waals surface area contributed by atoms with Crippen LogP contribution in [-0.4, -0.2) is 55.2 Å². The number of carbonyl (C=O) groups excluding carboxylic acids is 2. The van der Waals surface area contributed by atoms with E-state index >= 15 is 0 Å². The van der Waals surface area contributed by atoms with E-state index in [-0.39, 0.29) is 34.2 Å². The maximum atomic E-state index is 12.7. The predicted molar refractivity (Wildman–Crippen MR) is 113 cm³/mol. The first kappa shape index (κ1) is 20.6. The van der Waals surface area contributed by atoms with Crippen LogP contribution in [0.1, 0.15) is 52.9 Å². The Balaban J connectivity index is 1.65. The summed E-state index contributed by atoms with van der Waals surface area (Å²) in [6, 6.07) is 0. The highest BCUT2D eigenvalue weighted by Crippen LogP contribution is 2.79. The number of carbonyl (C=O) groups is 2. The predicted octanol–water partition coefficient (Wildman–Crippen LogP) is 2.52. The fraction of sp³-hybridized carbons (Fsp3) is 0.818. The van der Waals surface area contributed by atoms with Gasteiger partial charge in [0.15, 0.2) is 11.6 Å². The number of aliphatic hydroxyl groups excluding tert-OH is 2. The van der Waals surface area contributed by atoms with Crippen LogP contribution in [0.25, 0.3) is 0 Å². The van der Waals surface area contributed by atoms with Crippen LogP contribution in [0.2, 0.25) is 0 Å². The minimum atomic E-state index is -1.61. The maximum Gasteiger partial charge on any atom is 0.190 e. The van der Waals surface area contributed by atoms with Crippen LogP contribution in [0.3, 0.4) is 0 Å². The highest BCUT2D eigenvalue weighted by Gasteiger charge is 2.78. The lowest BCUT2D eigenvalue weighted by Crippen LogP contribution is -2.70. The Labute approximate surface area is 179 Å². The van der Waals surface area contributed by atoms with Crippen LogP contribution in [0, 0.1) is 28.6 Å². The Hall–Kier alpha value is -0.340. The summed E-state index contributed by atoms with van der Waals surface area (Å²) in [5, 5.41) is 33.1. The summed E-state index contributed by atoms with van der Waals surface area (Å²) < 4.78 is -0.398. The SMILES string of the molecule is C[C@H]1C[C@H]2[C@@H]3CCC4=CC(=O)C[C@@H]5SS[C@@]3([C@@H](O)C[C@]2(C)[C@@]1(O)C(=O)CO)[C@]45C. The molecule has 4 fully saturated rings. The van der Waals surface area contributed by atoms with Gasteiger partial charge in [-0.05, 0) is 49.5 Å². The summed E-state index contributed by atoms with van der Waals surface area (Å²) in [6.45, 7) is 5.43. The number of hydrogen-bond donors (Lipinski definition) is 3. The van der Waals surface area contributed by atoms with Gasteiger partial charge in [-0.15, -0.1) is 0 Å². The summed E-state index contributed by atoms with van der Waals surface area (Å²) >= 11 is 0. The van der Waals surface area contributed by atoms with Crippen molar-refractivity contribution in [3.63, 3.8) is 0 Å². The van der Waals surface area contributed by atoms with Gasteiger partial charge in [-0.1, -0.05) is 47.9 Å². The summed E-state index contributed by atoms with van der Waals surface area (Å²) in [5.74, 6) is -0.317. The summed E-state index contributed by atoms with van der Waals surface area (Å²) in [6.07, 6.45) is 4.45. The van der Waals surface area contributed by atoms with Crippen LogP contribution in [0.5, 0.6) is 0 Å². The summed E-state index contributed by atoms with van der Waals surface area (Å²) in [7, 11) is 3.52. The van der Waals surface area contributed by atoms with Crippen molar-refractivity contribution in [2.24, 2.45) is 28.6 Å². The molecule has 0 amide bonds. The molecular weight excluding hydrogens is 408 g/mol. The van der Waals surface area contributed by atoms with Gasteiger partial charge in [0.05, 0.1) is 10.9 Å². The van der Waals surface area contributed by atoms with Gasteiger partial charge in [0.1, 0.15) is 12.2 Å². The van der Waals surface area contributed by atoms with Gasteiger partial charge < -0.3 is 15.3 Å². The topological polar surface area (TPSA) is 94.8 Å². The van der Waals surface area contributed by atoms with Crippen molar-refractivity contribution in [1.82, 2.24) is 0 Å². The first-order valence-electron chi connectivity index (χ1n) is 10.7. The van der Waals surface area contributed by atoms with Gasteiger partial charge in [0.2, 0.25) is 0 Å². The minimum absolute atomic E-state index is 0.101. The van der Waals surface area contributed by atoms with Gasteiger partial charge in [0, 0.05) is 22.5 Å². The van der Waals surface area contributed by atoms with E-state index in [0.29, 0.717) is 12.8 Å². The second-order valence-corrected chi connectivity index (χ2v) is 13.1. The zero-order valence-electron chi connectivity index (χ0n) is 17.2. The van der Waals surface area contributed by atoms with Crippen LogP contribution in [-0.2, 0) is 9.59 Å². The standard InChI is InChI=1S/C22H30O5S2/c1-11-6-15-14-5-4-12-7-13(24)8-18-20(12,3)22(14,29-28-18)16(25)9-19(15,2)21(11,27)17(26)10-23/h7,11,14-16,18,23,25,27H,4-6,8-10H2,1-3H3/t11-,14-,15-,16-,18-,19-,20+,21-,22-/m0/s1. The van der Waals surface area contributed by atoms with Crippen molar-refractivity contribution >= 4 is 33.2 Å². The molecule has 1 saturated heterocycles. The average Bonchev–Trinajstić information content (AvgIpc) is 3.07. The molecule has 29 heavy (non-hydrogen) atoms. The molecule has 1 spiro atoms. The number of fused-ring (bicyclic) bond motifs is 2. The van der Waals surface area contributed by atoms with Gasteiger partial charge in [-0.2, -0.15) is 0 Å². The van der Waals surface area contributed by atoms with Crippen molar-refractivity contribution in [3.8, 4) is 0 Å². The van der Waals surface area contributed by atoms with E-state index in [9.17, 15) is 24.9 Å².